The van der Waals surface area contributed by atoms with Crippen molar-refractivity contribution in [3.05, 3.63) is 52.2 Å². The summed E-state index contributed by atoms with van der Waals surface area (Å²) in [5.41, 5.74) is 2.42. The second-order valence-electron chi connectivity index (χ2n) is 7.68. The minimum atomic E-state index is -0.111. The van der Waals surface area contributed by atoms with Crippen molar-refractivity contribution in [2.45, 2.75) is 39.3 Å². The molecule has 0 saturated carbocycles. The standard InChI is InChI=1S/C22H23NO5/c1-13-8-18-17(11-23(12-26-18)10-16-4-3-7-25-16)22-20(13)21(24)19(28-22)9-15-6-5-14(2)27-15/h5-6,8-9,16H,3-4,7,10-12H2,1-2H3/b19-9-. The monoisotopic (exact) mass is 381 g/mol. The average molecular weight is 381 g/mol. The predicted octanol–water partition coefficient (Wildman–Crippen LogP) is 3.84. The molecular formula is C22H23NO5. The number of ketones is 1. The molecule has 3 aliphatic rings. The van der Waals surface area contributed by atoms with Gasteiger partial charge in [-0.25, -0.2) is 0 Å². The van der Waals surface area contributed by atoms with E-state index in [4.69, 9.17) is 18.6 Å². The van der Waals surface area contributed by atoms with Gasteiger partial charge in [-0.05, 0) is 50.5 Å². The zero-order valence-electron chi connectivity index (χ0n) is 16.1. The first-order valence-electron chi connectivity index (χ1n) is 9.72. The number of fused-ring (bicyclic) bond motifs is 3. The van der Waals surface area contributed by atoms with Gasteiger partial charge in [0, 0.05) is 25.8 Å². The Bertz CT molecular complexity index is 968. The number of aryl methyl sites for hydroxylation is 2. The van der Waals surface area contributed by atoms with E-state index in [1.807, 2.05) is 32.0 Å². The Hall–Kier alpha value is -2.57. The third kappa shape index (κ3) is 3.02. The van der Waals surface area contributed by atoms with Crippen LogP contribution in [0.2, 0.25) is 0 Å². The van der Waals surface area contributed by atoms with Crippen LogP contribution >= 0.6 is 0 Å². The van der Waals surface area contributed by atoms with Crippen LogP contribution in [-0.4, -0.2) is 36.7 Å². The molecule has 1 fully saturated rings. The Morgan fingerprint density at radius 2 is 2.18 bits per heavy atom. The van der Waals surface area contributed by atoms with Gasteiger partial charge >= 0.3 is 0 Å². The summed E-state index contributed by atoms with van der Waals surface area (Å²) in [6.07, 6.45) is 4.11. The van der Waals surface area contributed by atoms with Crippen LogP contribution in [0.25, 0.3) is 6.08 Å². The maximum atomic E-state index is 13.0. The molecule has 0 aliphatic carbocycles. The summed E-state index contributed by atoms with van der Waals surface area (Å²) in [6.45, 7) is 6.65. The molecule has 1 saturated heterocycles. The van der Waals surface area contributed by atoms with Crippen molar-refractivity contribution in [1.29, 1.82) is 0 Å². The molecule has 0 N–H and O–H groups in total. The van der Waals surface area contributed by atoms with E-state index < -0.39 is 0 Å². The normalized spacial score (nSPS) is 22.9. The van der Waals surface area contributed by atoms with Crippen molar-refractivity contribution in [2.75, 3.05) is 19.9 Å². The quantitative estimate of drug-likeness (QED) is 0.753. The van der Waals surface area contributed by atoms with Gasteiger partial charge in [-0.15, -0.1) is 0 Å². The first kappa shape index (κ1) is 17.5. The number of ether oxygens (including phenoxy) is 3. The lowest BCUT2D eigenvalue weighted by atomic mass is 9.98. The molecule has 2 aromatic rings. The van der Waals surface area contributed by atoms with E-state index in [1.54, 1.807) is 6.08 Å². The highest BCUT2D eigenvalue weighted by Crippen LogP contribution is 2.44. The summed E-state index contributed by atoms with van der Waals surface area (Å²) < 4.78 is 23.4. The molecule has 1 atom stereocenters. The van der Waals surface area contributed by atoms with Gasteiger partial charge in [0.25, 0.3) is 0 Å². The number of furan rings is 1. The number of hydrogen-bond donors (Lipinski definition) is 0. The molecule has 1 aromatic carbocycles. The number of rotatable bonds is 3. The topological polar surface area (TPSA) is 61.1 Å². The maximum Gasteiger partial charge on any atom is 0.232 e. The summed E-state index contributed by atoms with van der Waals surface area (Å²) in [6, 6.07) is 5.64. The molecular weight excluding hydrogens is 358 g/mol. The van der Waals surface area contributed by atoms with Crippen LogP contribution in [0.3, 0.4) is 0 Å². The van der Waals surface area contributed by atoms with Crippen LogP contribution in [-0.2, 0) is 11.3 Å². The molecule has 4 heterocycles. The number of allylic oxidation sites excluding steroid dienone is 1. The van der Waals surface area contributed by atoms with Gasteiger partial charge < -0.3 is 18.6 Å². The third-order valence-electron chi connectivity index (χ3n) is 5.51. The lowest BCUT2D eigenvalue weighted by Crippen LogP contribution is -2.37. The molecule has 1 aromatic heterocycles. The SMILES string of the molecule is Cc1ccc(/C=C2\Oc3c4c(cc(C)c3C2=O)OCN(CC2CCCO2)C4)o1. The smallest absolute Gasteiger partial charge is 0.232 e. The summed E-state index contributed by atoms with van der Waals surface area (Å²) >= 11 is 0. The maximum absolute atomic E-state index is 13.0. The molecule has 146 valence electrons. The molecule has 0 bridgehead atoms. The minimum Gasteiger partial charge on any atom is -0.478 e. The molecule has 6 heteroatoms. The van der Waals surface area contributed by atoms with Crippen LogP contribution in [0, 0.1) is 13.8 Å². The van der Waals surface area contributed by atoms with Crippen LogP contribution < -0.4 is 9.47 Å². The molecule has 0 spiro atoms. The third-order valence-corrected chi connectivity index (χ3v) is 5.51. The molecule has 0 amide bonds. The molecule has 1 unspecified atom stereocenters. The lowest BCUT2D eigenvalue weighted by molar-refractivity contribution is 0.0273. The average Bonchev–Trinajstić information content (AvgIpc) is 3.39. The summed E-state index contributed by atoms with van der Waals surface area (Å²) in [5.74, 6) is 2.99. The van der Waals surface area contributed by atoms with Gasteiger partial charge in [0.1, 0.15) is 29.8 Å². The van der Waals surface area contributed by atoms with Crippen LogP contribution in [0.1, 0.15) is 45.8 Å². The molecule has 6 nitrogen and oxygen atoms in total. The Labute approximate surface area is 163 Å². The summed E-state index contributed by atoms with van der Waals surface area (Å²) in [4.78, 5) is 15.2. The first-order chi connectivity index (χ1) is 13.6. The Kier molecular flexibility index (Phi) is 4.25. The highest BCUT2D eigenvalue weighted by molar-refractivity contribution is 6.15. The fourth-order valence-corrected chi connectivity index (χ4v) is 4.13. The van der Waals surface area contributed by atoms with Crippen LogP contribution in [0.15, 0.2) is 28.4 Å². The molecule has 3 aliphatic heterocycles. The Morgan fingerprint density at radius 1 is 1.29 bits per heavy atom. The van der Waals surface area contributed by atoms with Crippen LogP contribution in [0.4, 0.5) is 0 Å². The largest absolute Gasteiger partial charge is 0.478 e. The minimum absolute atomic E-state index is 0.111. The zero-order chi connectivity index (χ0) is 19.3. The van der Waals surface area contributed by atoms with Crippen molar-refractivity contribution < 1.29 is 23.4 Å². The second-order valence-corrected chi connectivity index (χ2v) is 7.68. The van der Waals surface area contributed by atoms with Crippen molar-refractivity contribution in [2.24, 2.45) is 0 Å². The van der Waals surface area contributed by atoms with Crippen molar-refractivity contribution >= 4 is 11.9 Å². The van der Waals surface area contributed by atoms with Crippen molar-refractivity contribution in [1.82, 2.24) is 4.90 Å². The second kappa shape index (κ2) is 6.79. The number of Topliss-reactive ketones (excluding diaryl/α,β-unsaturated/α-hetero) is 1. The lowest BCUT2D eigenvalue weighted by Gasteiger charge is -2.31. The van der Waals surface area contributed by atoms with Crippen molar-refractivity contribution in [3.63, 3.8) is 0 Å². The molecule has 5 rings (SSSR count). The van der Waals surface area contributed by atoms with E-state index in [9.17, 15) is 4.79 Å². The Balaban J connectivity index is 1.46. The zero-order valence-corrected chi connectivity index (χ0v) is 16.1. The van der Waals surface area contributed by atoms with Gasteiger partial charge in [0.2, 0.25) is 5.78 Å². The highest BCUT2D eigenvalue weighted by Gasteiger charge is 2.36. The van der Waals surface area contributed by atoms with E-state index in [0.29, 0.717) is 30.3 Å². The number of carbonyl (C=O) groups is 1. The number of hydrogen-bond acceptors (Lipinski definition) is 6. The molecule has 0 radical (unpaired) electrons. The van der Waals surface area contributed by atoms with Gasteiger partial charge in [0.15, 0.2) is 5.76 Å². The van der Waals surface area contributed by atoms with E-state index in [-0.39, 0.29) is 17.6 Å². The summed E-state index contributed by atoms with van der Waals surface area (Å²) in [5, 5.41) is 0. The fourth-order valence-electron chi connectivity index (χ4n) is 4.13. The number of carbonyl (C=O) groups excluding carboxylic acids is 1. The highest BCUT2D eigenvalue weighted by atomic mass is 16.5. The Morgan fingerprint density at radius 3 is 2.93 bits per heavy atom. The predicted molar refractivity (Wildman–Crippen MR) is 102 cm³/mol. The van der Waals surface area contributed by atoms with Gasteiger partial charge in [0.05, 0.1) is 17.2 Å². The van der Waals surface area contributed by atoms with Gasteiger partial charge in [-0.2, -0.15) is 0 Å². The van der Waals surface area contributed by atoms with Crippen LogP contribution in [0.5, 0.6) is 11.5 Å². The number of nitrogens with zero attached hydrogens (tertiary/aromatic N) is 1. The fraction of sp³-hybridized carbons (Fsp3) is 0.409. The van der Waals surface area contributed by atoms with E-state index in [2.05, 4.69) is 4.90 Å². The van der Waals surface area contributed by atoms with E-state index >= 15 is 0 Å². The van der Waals surface area contributed by atoms with E-state index in [0.717, 1.165) is 48.6 Å². The molecule has 28 heavy (non-hydrogen) atoms. The summed E-state index contributed by atoms with van der Waals surface area (Å²) in [7, 11) is 0. The van der Waals surface area contributed by atoms with Gasteiger partial charge in [-0.1, -0.05) is 0 Å². The van der Waals surface area contributed by atoms with Gasteiger partial charge in [-0.3, -0.25) is 9.69 Å². The number of benzene rings is 1. The van der Waals surface area contributed by atoms with Crippen molar-refractivity contribution in [3.8, 4) is 11.5 Å². The first-order valence-corrected chi connectivity index (χ1v) is 9.72. The van der Waals surface area contributed by atoms with E-state index in [1.165, 1.54) is 0 Å².